The summed E-state index contributed by atoms with van der Waals surface area (Å²) in [5.74, 6) is 0.0995. The molecule has 0 aromatic heterocycles. The van der Waals surface area contributed by atoms with Crippen LogP contribution in [-0.4, -0.2) is 109 Å². The van der Waals surface area contributed by atoms with Gasteiger partial charge in [0.05, 0.1) is 48.8 Å². The van der Waals surface area contributed by atoms with E-state index >= 15 is 0 Å². The Bertz CT molecular complexity index is 1170. The van der Waals surface area contributed by atoms with Gasteiger partial charge in [-0.05, 0) is 112 Å². The van der Waals surface area contributed by atoms with E-state index in [1.165, 1.54) is 0 Å². The standard InChI is InChI=1S/C35H58O10/c1-29(2)20-7-8-21-31(5)13-18(37)27(32(6)11-9-24(45-32)30(3,4)42)35(31,17-36)22(39)14-34(21)16-33(20,34)12-10-23(29)44-28-26(41)25(40)19(38)15-43-28/h18-28,36-42H,7-17H2,1-6H3. The van der Waals surface area contributed by atoms with Crippen LogP contribution < -0.4 is 0 Å². The van der Waals surface area contributed by atoms with Crippen molar-refractivity contribution in [2.45, 2.75) is 160 Å². The molecule has 7 N–H and O–H groups in total. The zero-order chi connectivity index (χ0) is 32.8. The molecule has 0 amide bonds. The molecule has 2 heterocycles. The predicted octanol–water partition coefficient (Wildman–Crippen LogP) is 1.87. The van der Waals surface area contributed by atoms with Crippen molar-refractivity contribution in [2.75, 3.05) is 13.2 Å². The SMILES string of the molecule is CC(C)(O)C1CCC(C)(C2C(O)CC3(C)C4CCC5C(C)(C)C(OC6OCC(O)C(O)C6O)CCC56CC46CC(O)C23CO)O1. The zero-order valence-corrected chi connectivity index (χ0v) is 28.0. The maximum absolute atomic E-state index is 12.4. The minimum absolute atomic E-state index is 0.0232. The van der Waals surface area contributed by atoms with Gasteiger partial charge in [0.2, 0.25) is 0 Å². The van der Waals surface area contributed by atoms with Gasteiger partial charge in [-0.3, -0.25) is 0 Å². The number of hydrogen-bond donors (Lipinski definition) is 7. The lowest BCUT2D eigenvalue weighted by Crippen LogP contribution is -2.66. The molecule has 5 saturated carbocycles. The topological polar surface area (TPSA) is 169 Å². The summed E-state index contributed by atoms with van der Waals surface area (Å²) in [4.78, 5) is 0. The first-order chi connectivity index (χ1) is 20.8. The number of fused-ring (bicyclic) bond motifs is 2. The molecule has 0 radical (unpaired) electrons. The van der Waals surface area contributed by atoms with Gasteiger partial charge in [0.15, 0.2) is 6.29 Å². The van der Waals surface area contributed by atoms with E-state index in [9.17, 15) is 35.7 Å². The molecule has 10 heteroatoms. The minimum atomic E-state index is -1.32. The summed E-state index contributed by atoms with van der Waals surface area (Å²) in [6.45, 7) is 11.9. The van der Waals surface area contributed by atoms with Crippen LogP contribution in [0, 0.1) is 44.8 Å². The fraction of sp³-hybridized carbons (Fsp3) is 1.00. The third-order valence-corrected chi connectivity index (χ3v) is 15.5. The second kappa shape index (κ2) is 10.1. The van der Waals surface area contributed by atoms with Crippen molar-refractivity contribution in [3.8, 4) is 0 Å². The van der Waals surface area contributed by atoms with E-state index in [1.54, 1.807) is 13.8 Å². The van der Waals surface area contributed by atoms with Crippen LogP contribution in [0.15, 0.2) is 0 Å². The third-order valence-electron chi connectivity index (χ3n) is 15.5. The van der Waals surface area contributed by atoms with Crippen LogP contribution >= 0.6 is 0 Å². The van der Waals surface area contributed by atoms with Crippen molar-refractivity contribution in [3.05, 3.63) is 0 Å². The summed E-state index contributed by atoms with van der Waals surface area (Å²) in [5, 5.41) is 77.2. The van der Waals surface area contributed by atoms with E-state index in [0.29, 0.717) is 31.6 Å². The lowest BCUT2D eigenvalue weighted by molar-refractivity contribution is -0.304. The lowest BCUT2D eigenvalue weighted by atomic mass is 9.40. The second-order valence-electron chi connectivity index (χ2n) is 18.1. The molecular formula is C35H58O10. The summed E-state index contributed by atoms with van der Waals surface area (Å²) >= 11 is 0. The molecule has 16 atom stereocenters. The molecule has 2 spiro atoms. The molecule has 2 aliphatic heterocycles. The summed E-state index contributed by atoms with van der Waals surface area (Å²) in [5.41, 5.74) is -3.54. The molecule has 16 unspecified atom stereocenters. The molecule has 0 bridgehead atoms. The van der Waals surface area contributed by atoms with Crippen molar-refractivity contribution in [1.29, 1.82) is 0 Å². The van der Waals surface area contributed by atoms with Crippen LogP contribution in [0.1, 0.15) is 99.3 Å². The predicted molar refractivity (Wildman–Crippen MR) is 163 cm³/mol. The van der Waals surface area contributed by atoms with Crippen LogP contribution in [0.3, 0.4) is 0 Å². The van der Waals surface area contributed by atoms with Crippen molar-refractivity contribution in [3.63, 3.8) is 0 Å². The fourth-order valence-corrected chi connectivity index (χ4v) is 13.5. The van der Waals surface area contributed by atoms with E-state index in [0.717, 1.165) is 32.1 Å². The van der Waals surface area contributed by atoms with Crippen LogP contribution in [0.5, 0.6) is 0 Å². The largest absolute Gasteiger partial charge is 0.396 e. The quantitative estimate of drug-likeness (QED) is 0.221. The normalized spacial score (nSPS) is 58.7. The van der Waals surface area contributed by atoms with Gasteiger partial charge in [0.1, 0.15) is 18.3 Å². The second-order valence-corrected chi connectivity index (χ2v) is 18.1. The maximum Gasteiger partial charge on any atom is 0.186 e. The highest BCUT2D eigenvalue weighted by Crippen LogP contribution is 2.89. The molecule has 2 saturated heterocycles. The van der Waals surface area contributed by atoms with Crippen molar-refractivity contribution >= 4 is 0 Å². The molecule has 0 aromatic rings. The number of aliphatic hydroxyl groups excluding tert-OH is 6. The number of ether oxygens (including phenoxy) is 3. The van der Waals surface area contributed by atoms with Gasteiger partial charge in [-0.2, -0.15) is 0 Å². The fourth-order valence-electron chi connectivity index (χ4n) is 13.5. The number of aliphatic hydroxyl groups is 7. The Balaban J connectivity index is 1.17. The number of hydrogen-bond acceptors (Lipinski definition) is 10. The van der Waals surface area contributed by atoms with Gasteiger partial charge in [-0.15, -0.1) is 0 Å². The Kier molecular flexibility index (Phi) is 7.42. The smallest absolute Gasteiger partial charge is 0.186 e. The van der Waals surface area contributed by atoms with Crippen molar-refractivity contribution in [1.82, 2.24) is 0 Å². The Morgan fingerprint density at radius 2 is 1.51 bits per heavy atom. The highest BCUT2D eigenvalue weighted by atomic mass is 16.7. The van der Waals surface area contributed by atoms with Gasteiger partial charge < -0.3 is 50.0 Å². The molecule has 7 rings (SSSR count). The van der Waals surface area contributed by atoms with Gasteiger partial charge in [0, 0.05) is 11.3 Å². The van der Waals surface area contributed by atoms with E-state index in [-0.39, 0.29) is 47.6 Å². The summed E-state index contributed by atoms with van der Waals surface area (Å²) in [6, 6.07) is 0. The molecule has 7 aliphatic rings. The maximum atomic E-state index is 12.4. The highest BCUT2D eigenvalue weighted by Gasteiger charge is 2.86. The molecule has 0 aromatic carbocycles. The first-order valence-corrected chi connectivity index (χ1v) is 17.5. The van der Waals surface area contributed by atoms with Gasteiger partial charge in [0.25, 0.3) is 0 Å². The average molecular weight is 639 g/mol. The van der Waals surface area contributed by atoms with Crippen LogP contribution in [-0.2, 0) is 14.2 Å². The summed E-state index contributed by atoms with van der Waals surface area (Å²) in [7, 11) is 0. The van der Waals surface area contributed by atoms with Gasteiger partial charge in [-0.1, -0.05) is 20.8 Å². The zero-order valence-electron chi connectivity index (χ0n) is 28.0. The van der Waals surface area contributed by atoms with Crippen LogP contribution in [0.25, 0.3) is 0 Å². The van der Waals surface area contributed by atoms with E-state index in [4.69, 9.17) is 14.2 Å². The molecule has 5 aliphatic carbocycles. The Hall–Kier alpha value is -0.400. The minimum Gasteiger partial charge on any atom is -0.396 e. The monoisotopic (exact) mass is 638 g/mol. The number of rotatable bonds is 5. The summed E-state index contributed by atoms with van der Waals surface area (Å²) < 4.78 is 18.6. The summed E-state index contributed by atoms with van der Waals surface area (Å²) in [6.07, 6.45) is 0.117. The lowest BCUT2D eigenvalue weighted by Gasteiger charge is -2.65. The third kappa shape index (κ3) is 4.10. The van der Waals surface area contributed by atoms with E-state index in [1.807, 2.05) is 6.92 Å². The van der Waals surface area contributed by atoms with Crippen molar-refractivity contribution in [2.24, 2.45) is 44.8 Å². The molecular weight excluding hydrogens is 580 g/mol. The molecule has 45 heavy (non-hydrogen) atoms. The molecule has 258 valence electrons. The van der Waals surface area contributed by atoms with E-state index in [2.05, 4.69) is 20.8 Å². The van der Waals surface area contributed by atoms with Crippen LogP contribution in [0.2, 0.25) is 0 Å². The first-order valence-electron chi connectivity index (χ1n) is 17.5. The molecule has 7 fully saturated rings. The van der Waals surface area contributed by atoms with Gasteiger partial charge >= 0.3 is 0 Å². The van der Waals surface area contributed by atoms with Crippen molar-refractivity contribution < 1.29 is 50.0 Å². The Morgan fingerprint density at radius 3 is 2.16 bits per heavy atom. The Labute approximate surface area is 267 Å². The highest BCUT2D eigenvalue weighted by molar-refractivity contribution is 5.34. The van der Waals surface area contributed by atoms with Gasteiger partial charge in [-0.25, -0.2) is 0 Å². The molecule has 10 nitrogen and oxygen atoms in total. The first kappa shape index (κ1) is 33.1. The van der Waals surface area contributed by atoms with Crippen LogP contribution in [0.4, 0.5) is 0 Å². The Morgan fingerprint density at radius 1 is 0.822 bits per heavy atom. The van der Waals surface area contributed by atoms with E-state index < -0.39 is 64.8 Å². The average Bonchev–Trinajstić information content (AvgIpc) is 3.27.